The van der Waals surface area contributed by atoms with E-state index in [9.17, 15) is 8.42 Å². The molecule has 1 fully saturated rings. The van der Waals surface area contributed by atoms with Gasteiger partial charge in [-0.3, -0.25) is 0 Å². The zero-order chi connectivity index (χ0) is 13.5. The van der Waals surface area contributed by atoms with Gasteiger partial charge in [-0.25, -0.2) is 13.4 Å². The van der Waals surface area contributed by atoms with E-state index in [4.69, 9.17) is 0 Å². The Morgan fingerprint density at radius 3 is 2.63 bits per heavy atom. The van der Waals surface area contributed by atoms with E-state index in [1.807, 2.05) is 36.4 Å². The van der Waals surface area contributed by atoms with Gasteiger partial charge in [-0.15, -0.1) is 0 Å². The van der Waals surface area contributed by atoms with Crippen LogP contribution in [-0.2, 0) is 9.84 Å². The molecule has 0 bridgehead atoms. The first-order valence-corrected chi connectivity index (χ1v) is 8.29. The standard InChI is InChI=1S/C14H16N2O2S/c1-19(17,18)12-8-11(9-12)15-14-7-6-10-4-2-3-5-13(10)16-14/h2-7,11-12H,8-9H2,1H3,(H,15,16). The van der Waals surface area contributed by atoms with Crippen molar-refractivity contribution in [1.82, 2.24) is 4.98 Å². The van der Waals surface area contributed by atoms with Crippen LogP contribution in [0.2, 0.25) is 0 Å². The predicted octanol–water partition coefficient (Wildman–Crippen LogP) is 2.22. The van der Waals surface area contributed by atoms with Gasteiger partial charge in [-0.05, 0) is 31.0 Å². The third-order valence-corrected chi connectivity index (χ3v) is 5.25. The molecule has 19 heavy (non-hydrogen) atoms. The van der Waals surface area contributed by atoms with Crippen LogP contribution >= 0.6 is 0 Å². The molecule has 1 heterocycles. The fourth-order valence-corrected chi connectivity index (χ4v) is 3.55. The molecular weight excluding hydrogens is 260 g/mol. The minimum absolute atomic E-state index is 0.189. The molecule has 1 aromatic heterocycles. The number of para-hydroxylation sites is 1. The van der Waals surface area contributed by atoms with Crippen molar-refractivity contribution in [3.63, 3.8) is 0 Å². The highest BCUT2D eigenvalue weighted by Crippen LogP contribution is 2.29. The van der Waals surface area contributed by atoms with Crippen molar-refractivity contribution in [2.24, 2.45) is 0 Å². The third kappa shape index (κ3) is 2.56. The lowest BCUT2D eigenvalue weighted by Crippen LogP contribution is -2.43. The van der Waals surface area contributed by atoms with Crippen molar-refractivity contribution >= 4 is 26.6 Å². The van der Waals surface area contributed by atoms with E-state index in [0.29, 0.717) is 12.8 Å². The predicted molar refractivity (Wildman–Crippen MR) is 77.0 cm³/mol. The molecule has 5 heteroatoms. The molecule has 3 rings (SSSR count). The second kappa shape index (κ2) is 4.49. The molecule has 0 atom stereocenters. The first kappa shape index (κ1) is 12.4. The highest BCUT2D eigenvalue weighted by Gasteiger charge is 2.36. The van der Waals surface area contributed by atoms with Gasteiger partial charge in [0.05, 0.1) is 10.8 Å². The van der Waals surface area contributed by atoms with E-state index >= 15 is 0 Å². The number of nitrogens with zero attached hydrogens (tertiary/aromatic N) is 1. The zero-order valence-electron chi connectivity index (χ0n) is 10.7. The molecule has 2 aromatic rings. The van der Waals surface area contributed by atoms with Gasteiger partial charge in [0.2, 0.25) is 0 Å². The van der Waals surface area contributed by atoms with Crippen LogP contribution in [0.1, 0.15) is 12.8 Å². The first-order valence-electron chi connectivity index (χ1n) is 6.33. The molecular formula is C14H16N2O2S. The lowest BCUT2D eigenvalue weighted by Gasteiger charge is -2.34. The molecule has 0 spiro atoms. The Hall–Kier alpha value is -1.62. The molecule has 1 N–H and O–H groups in total. The Kier molecular flexibility index (Phi) is 2.93. The molecule has 0 aliphatic heterocycles. The summed E-state index contributed by atoms with van der Waals surface area (Å²) in [5, 5.41) is 4.21. The van der Waals surface area contributed by atoms with E-state index in [0.717, 1.165) is 16.7 Å². The minimum Gasteiger partial charge on any atom is -0.367 e. The van der Waals surface area contributed by atoms with Crippen molar-refractivity contribution in [3.05, 3.63) is 36.4 Å². The molecule has 0 saturated heterocycles. The Bertz CT molecular complexity index is 706. The number of hydrogen-bond acceptors (Lipinski definition) is 4. The number of fused-ring (bicyclic) bond motifs is 1. The highest BCUT2D eigenvalue weighted by atomic mass is 32.2. The summed E-state index contributed by atoms with van der Waals surface area (Å²) >= 11 is 0. The molecule has 0 amide bonds. The number of aromatic nitrogens is 1. The van der Waals surface area contributed by atoms with Crippen LogP contribution < -0.4 is 5.32 Å². The van der Waals surface area contributed by atoms with Crippen molar-refractivity contribution < 1.29 is 8.42 Å². The average molecular weight is 276 g/mol. The quantitative estimate of drug-likeness (QED) is 0.934. The Morgan fingerprint density at radius 2 is 1.89 bits per heavy atom. The van der Waals surface area contributed by atoms with Crippen LogP contribution in [0.5, 0.6) is 0 Å². The van der Waals surface area contributed by atoms with Crippen molar-refractivity contribution in [2.45, 2.75) is 24.1 Å². The van der Waals surface area contributed by atoms with E-state index in [1.54, 1.807) is 0 Å². The average Bonchev–Trinajstić information content (AvgIpc) is 2.31. The lowest BCUT2D eigenvalue weighted by atomic mass is 9.92. The number of rotatable bonds is 3. The van der Waals surface area contributed by atoms with Crippen LogP contribution in [0, 0.1) is 0 Å². The maximum atomic E-state index is 11.3. The maximum Gasteiger partial charge on any atom is 0.150 e. The topological polar surface area (TPSA) is 59.1 Å². The molecule has 1 aliphatic carbocycles. The molecule has 100 valence electrons. The van der Waals surface area contributed by atoms with Gasteiger partial charge in [0.25, 0.3) is 0 Å². The molecule has 0 unspecified atom stereocenters. The van der Waals surface area contributed by atoms with Crippen LogP contribution in [-0.4, -0.2) is 30.9 Å². The second-order valence-corrected chi connectivity index (χ2v) is 7.48. The van der Waals surface area contributed by atoms with E-state index in [-0.39, 0.29) is 11.3 Å². The summed E-state index contributed by atoms with van der Waals surface area (Å²) in [6.45, 7) is 0. The van der Waals surface area contributed by atoms with Gasteiger partial charge in [-0.1, -0.05) is 18.2 Å². The summed E-state index contributed by atoms with van der Waals surface area (Å²) in [4.78, 5) is 4.52. The van der Waals surface area contributed by atoms with E-state index < -0.39 is 9.84 Å². The summed E-state index contributed by atoms with van der Waals surface area (Å²) in [7, 11) is -2.89. The number of benzene rings is 1. The van der Waals surface area contributed by atoms with Gasteiger partial charge < -0.3 is 5.32 Å². The van der Waals surface area contributed by atoms with Crippen LogP contribution in [0.4, 0.5) is 5.82 Å². The Labute approximate surface area is 112 Å². The van der Waals surface area contributed by atoms with Crippen LogP contribution in [0.3, 0.4) is 0 Å². The van der Waals surface area contributed by atoms with Crippen LogP contribution in [0.15, 0.2) is 36.4 Å². The number of anilines is 1. The summed E-state index contributed by atoms with van der Waals surface area (Å²) in [5.74, 6) is 0.815. The molecule has 0 radical (unpaired) electrons. The van der Waals surface area contributed by atoms with Gasteiger partial charge in [0.1, 0.15) is 15.7 Å². The van der Waals surface area contributed by atoms with Crippen LogP contribution in [0.25, 0.3) is 10.9 Å². The summed E-state index contributed by atoms with van der Waals surface area (Å²) in [6.07, 6.45) is 2.66. The number of sulfone groups is 1. The highest BCUT2D eigenvalue weighted by molar-refractivity contribution is 7.91. The van der Waals surface area contributed by atoms with Crippen molar-refractivity contribution in [2.75, 3.05) is 11.6 Å². The Balaban J connectivity index is 1.70. The number of nitrogens with one attached hydrogen (secondary N) is 1. The van der Waals surface area contributed by atoms with Crippen molar-refractivity contribution in [3.8, 4) is 0 Å². The van der Waals surface area contributed by atoms with Crippen molar-refractivity contribution in [1.29, 1.82) is 0 Å². The van der Waals surface area contributed by atoms with Gasteiger partial charge >= 0.3 is 0 Å². The lowest BCUT2D eigenvalue weighted by molar-refractivity contribution is 0.434. The molecule has 1 saturated carbocycles. The molecule has 1 aromatic carbocycles. The fraction of sp³-hybridized carbons (Fsp3) is 0.357. The Morgan fingerprint density at radius 1 is 1.16 bits per heavy atom. The fourth-order valence-electron chi connectivity index (χ4n) is 2.39. The summed E-state index contributed by atoms with van der Waals surface area (Å²) in [6, 6.07) is 12.1. The molecule has 1 aliphatic rings. The molecule has 4 nitrogen and oxygen atoms in total. The monoisotopic (exact) mass is 276 g/mol. The largest absolute Gasteiger partial charge is 0.367 e. The van der Waals surface area contributed by atoms with Gasteiger partial charge in [-0.2, -0.15) is 0 Å². The first-order chi connectivity index (χ1) is 9.02. The summed E-state index contributed by atoms with van der Waals surface area (Å²) in [5.41, 5.74) is 0.950. The number of hydrogen-bond donors (Lipinski definition) is 1. The SMILES string of the molecule is CS(=O)(=O)C1CC(Nc2ccc3ccccc3n2)C1. The third-order valence-electron chi connectivity index (χ3n) is 3.65. The maximum absolute atomic E-state index is 11.3. The second-order valence-electron chi connectivity index (χ2n) is 5.15. The minimum atomic E-state index is -2.89. The zero-order valence-corrected chi connectivity index (χ0v) is 11.5. The smallest absolute Gasteiger partial charge is 0.150 e. The normalized spacial score (nSPS) is 23.0. The van der Waals surface area contributed by atoms with E-state index in [2.05, 4.69) is 10.3 Å². The summed E-state index contributed by atoms with van der Waals surface area (Å²) < 4.78 is 22.7. The van der Waals surface area contributed by atoms with Gasteiger partial charge in [0, 0.05) is 17.7 Å². The number of pyridine rings is 1. The van der Waals surface area contributed by atoms with Gasteiger partial charge in [0.15, 0.2) is 0 Å². The van der Waals surface area contributed by atoms with E-state index in [1.165, 1.54) is 6.26 Å².